The molecule has 6 rings (SSSR count). The van der Waals surface area contributed by atoms with Crippen LogP contribution in [0, 0.1) is 11.8 Å². The Morgan fingerprint density at radius 1 is 1.05 bits per heavy atom. The van der Waals surface area contributed by atoms with Gasteiger partial charge in [0, 0.05) is 29.6 Å². The van der Waals surface area contributed by atoms with Crippen molar-refractivity contribution in [2.24, 2.45) is 11.8 Å². The number of ether oxygens (including phenoxy) is 2. The summed E-state index contributed by atoms with van der Waals surface area (Å²) in [4.78, 5) is 46.2. The van der Waals surface area contributed by atoms with E-state index in [2.05, 4.69) is 26.2 Å². The van der Waals surface area contributed by atoms with Crippen molar-refractivity contribution in [3.63, 3.8) is 0 Å². The van der Waals surface area contributed by atoms with Crippen molar-refractivity contribution in [2.45, 2.75) is 31.3 Å². The zero-order chi connectivity index (χ0) is 29.8. The molecule has 216 valence electrons. The quantitative estimate of drug-likeness (QED) is 0.233. The van der Waals surface area contributed by atoms with Gasteiger partial charge in [0.15, 0.2) is 11.5 Å². The second-order valence-corrected chi connectivity index (χ2v) is 11.6. The molecule has 2 saturated heterocycles. The molecule has 0 spiro atoms. The van der Waals surface area contributed by atoms with Crippen molar-refractivity contribution < 1.29 is 29.0 Å². The molecule has 2 aliphatic rings. The van der Waals surface area contributed by atoms with Crippen molar-refractivity contribution in [1.29, 1.82) is 0 Å². The highest BCUT2D eigenvalue weighted by Gasteiger charge is 2.68. The number of fused-ring (bicyclic) bond motifs is 2. The van der Waals surface area contributed by atoms with E-state index >= 15 is 0 Å². The number of amides is 2. The number of methoxy groups -OCH3 is 2. The first-order valence-electron chi connectivity index (χ1n) is 13.7. The lowest BCUT2D eigenvalue weighted by atomic mass is 9.76. The number of aryl methyl sites for hydroxylation is 1. The minimum Gasteiger partial charge on any atom is -0.493 e. The number of hydrogen-bond donors (Lipinski definition) is 3. The number of carboxylic acid groups (broad SMARTS) is 1. The summed E-state index contributed by atoms with van der Waals surface area (Å²) in [6.07, 6.45) is 2.56. The second kappa shape index (κ2) is 10.6. The second-order valence-electron chi connectivity index (χ2n) is 10.7. The number of hydrogen-bond acceptors (Lipinski definition) is 6. The molecule has 10 heteroatoms. The monoisotopic (exact) mass is 631 g/mol. The zero-order valence-electron chi connectivity index (χ0n) is 23.3. The average Bonchev–Trinajstić information content (AvgIpc) is 3.64. The summed E-state index contributed by atoms with van der Waals surface area (Å²) in [7, 11) is 3.02. The maximum Gasteiger partial charge on any atom is 0.325 e. The Kier molecular flexibility index (Phi) is 7.06. The van der Waals surface area contributed by atoms with Crippen LogP contribution in [0.25, 0.3) is 10.9 Å². The van der Waals surface area contributed by atoms with E-state index in [4.69, 9.17) is 9.47 Å². The molecule has 2 amide bonds. The Morgan fingerprint density at radius 2 is 1.79 bits per heavy atom. The van der Waals surface area contributed by atoms with Crippen molar-refractivity contribution in [3.8, 4) is 11.5 Å². The molecule has 3 N–H and O–H groups in total. The van der Waals surface area contributed by atoms with Crippen LogP contribution >= 0.6 is 15.9 Å². The van der Waals surface area contributed by atoms with Crippen LogP contribution in [-0.4, -0.2) is 47.6 Å². The van der Waals surface area contributed by atoms with Gasteiger partial charge in [-0.2, -0.15) is 0 Å². The highest BCUT2D eigenvalue weighted by atomic mass is 79.9. The van der Waals surface area contributed by atoms with Gasteiger partial charge in [-0.15, -0.1) is 0 Å². The van der Waals surface area contributed by atoms with Gasteiger partial charge in [0.05, 0.1) is 36.2 Å². The molecule has 4 aromatic rings. The van der Waals surface area contributed by atoms with Gasteiger partial charge in [-0.05, 0) is 69.4 Å². The summed E-state index contributed by atoms with van der Waals surface area (Å²) in [5, 5.41) is 15.1. The van der Waals surface area contributed by atoms with Crippen LogP contribution in [0.4, 0.5) is 5.69 Å². The number of H-pyrrole nitrogens is 1. The molecule has 2 fully saturated rings. The third-order valence-corrected chi connectivity index (χ3v) is 9.19. The maximum atomic E-state index is 14.3. The Labute approximate surface area is 250 Å². The molecule has 0 saturated carbocycles. The minimum absolute atomic E-state index is 0.0138. The first-order chi connectivity index (χ1) is 20.2. The van der Waals surface area contributed by atoms with Gasteiger partial charge in [-0.3, -0.25) is 19.7 Å². The molecule has 4 unspecified atom stereocenters. The highest BCUT2D eigenvalue weighted by molar-refractivity contribution is 9.10. The largest absolute Gasteiger partial charge is 0.493 e. The van der Waals surface area contributed by atoms with Crippen molar-refractivity contribution in [3.05, 3.63) is 88.0 Å². The molecule has 0 bridgehead atoms. The highest BCUT2D eigenvalue weighted by Crippen LogP contribution is 2.52. The fraction of sp³-hybridized carbons (Fsp3) is 0.281. The van der Waals surface area contributed by atoms with Gasteiger partial charge >= 0.3 is 5.97 Å². The lowest BCUT2D eigenvalue weighted by molar-refractivity contribution is -0.148. The molecule has 0 aliphatic carbocycles. The summed E-state index contributed by atoms with van der Waals surface area (Å²) in [6, 6.07) is 17.5. The number of aromatic amines is 1. The number of benzene rings is 3. The Balaban J connectivity index is 1.52. The standard InChI is InChI=1S/C32H30BrN3O6/c1-4-17-9-11-20(12-10-17)36-29(37)25-26(30(36)38)32(31(39)40,15-19-16-34-23-8-6-5-7-21(19)23)35-27(25)18-13-22(33)28(42-3)24(14-18)41-2/h5-14,16,25-27,34-35H,4,15H2,1-3H3,(H,39,40). The molecular weight excluding hydrogens is 602 g/mol. The number of rotatable bonds is 8. The average molecular weight is 633 g/mol. The molecule has 42 heavy (non-hydrogen) atoms. The van der Waals surface area contributed by atoms with Crippen LogP contribution in [0.2, 0.25) is 0 Å². The Morgan fingerprint density at radius 3 is 2.45 bits per heavy atom. The number of imide groups is 1. The van der Waals surface area contributed by atoms with Crippen LogP contribution in [-0.2, 0) is 27.2 Å². The fourth-order valence-corrected chi connectivity index (χ4v) is 7.18. The lowest BCUT2D eigenvalue weighted by Crippen LogP contribution is -2.57. The molecule has 3 heterocycles. The summed E-state index contributed by atoms with van der Waals surface area (Å²) >= 11 is 3.53. The summed E-state index contributed by atoms with van der Waals surface area (Å²) in [5.41, 5.74) is 1.90. The molecule has 9 nitrogen and oxygen atoms in total. The third kappa shape index (κ3) is 4.20. The normalized spacial score (nSPS) is 23.4. The van der Waals surface area contributed by atoms with E-state index < -0.39 is 41.2 Å². The van der Waals surface area contributed by atoms with E-state index in [-0.39, 0.29) is 6.42 Å². The molecule has 3 aromatic carbocycles. The molecule has 2 aliphatic heterocycles. The van der Waals surface area contributed by atoms with Gasteiger partial charge in [0.2, 0.25) is 11.8 Å². The topological polar surface area (TPSA) is 121 Å². The molecule has 4 atom stereocenters. The number of para-hydroxylation sites is 1. The first kappa shape index (κ1) is 28.0. The zero-order valence-corrected chi connectivity index (χ0v) is 24.9. The number of carbonyl (C=O) groups excluding carboxylic acids is 2. The fourth-order valence-electron chi connectivity index (χ4n) is 6.56. The molecule has 0 radical (unpaired) electrons. The molecule has 1 aromatic heterocycles. The van der Waals surface area contributed by atoms with E-state index in [0.717, 1.165) is 33.4 Å². The van der Waals surface area contributed by atoms with Gasteiger partial charge in [-0.25, -0.2) is 4.90 Å². The third-order valence-electron chi connectivity index (χ3n) is 8.60. The van der Waals surface area contributed by atoms with E-state index in [1.54, 1.807) is 30.5 Å². The number of nitrogens with one attached hydrogen (secondary N) is 2. The SMILES string of the molecule is CCc1ccc(N2C(=O)C3C(c4cc(Br)c(OC)c(OC)c4)NC(Cc4c[nH]c5ccccc45)(C(=O)O)C3C2=O)cc1. The Bertz CT molecular complexity index is 1720. The number of aliphatic carboxylic acids is 1. The lowest BCUT2D eigenvalue weighted by Gasteiger charge is -2.31. The predicted octanol–water partition coefficient (Wildman–Crippen LogP) is 5.03. The van der Waals surface area contributed by atoms with Crippen LogP contribution in [0.15, 0.2) is 71.3 Å². The van der Waals surface area contributed by atoms with Gasteiger partial charge in [0.1, 0.15) is 5.54 Å². The van der Waals surface area contributed by atoms with Crippen molar-refractivity contribution in [1.82, 2.24) is 10.3 Å². The number of aromatic nitrogens is 1. The number of halogens is 1. The number of carboxylic acids is 1. The van der Waals surface area contributed by atoms with Crippen molar-refractivity contribution in [2.75, 3.05) is 19.1 Å². The predicted molar refractivity (Wildman–Crippen MR) is 161 cm³/mol. The van der Waals surface area contributed by atoms with Gasteiger partial charge in [-0.1, -0.05) is 37.3 Å². The van der Waals surface area contributed by atoms with Crippen LogP contribution < -0.4 is 19.7 Å². The summed E-state index contributed by atoms with van der Waals surface area (Å²) in [5.74, 6) is -3.45. The number of carbonyl (C=O) groups is 3. The summed E-state index contributed by atoms with van der Waals surface area (Å²) < 4.78 is 11.6. The van der Waals surface area contributed by atoms with Gasteiger partial charge < -0.3 is 19.6 Å². The summed E-state index contributed by atoms with van der Waals surface area (Å²) in [6.45, 7) is 2.02. The first-order valence-corrected chi connectivity index (χ1v) is 14.5. The Hall–Kier alpha value is -4.15. The molecular formula is C32H30BrN3O6. The van der Waals surface area contributed by atoms with Crippen molar-refractivity contribution >= 4 is 50.3 Å². The van der Waals surface area contributed by atoms with E-state index in [1.165, 1.54) is 14.2 Å². The van der Waals surface area contributed by atoms with E-state index in [0.29, 0.717) is 27.2 Å². The van der Waals surface area contributed by atoms with Gasteiger partial charge in [0.25, 0.3) is 0 Å². The smallest absolute Gasteiger partial charge is 0.325 e. The maximum absolute atomic E-state index is 14.3. The van der Waals surface area contributed by atoms with Crippen LogP contribution in [0.5, 0.6) is 11.5 Å². The van der Waals surface area contributed by atoms with E-state index in [1.807, 2.05) is 43.3 Å². The van der Waals surface area contributed by atoms with Crippen LogP contribution in [0.1, 0.15) is 29.7 Å². The van der Waals surface area contributed by atoms with E-state index in [9.17, 15) is 19.5 Å². The minimum atomic E-state index is -1.77. The number of anilines is 1. The number of nitrogens with zero attached hydrogens (tertiary/aromatic N) is 1. The van der Waals surface area contributed by atoms with Crippen LogP contribution in [0.3, 0.4) is 0 Å².